The van der Waals surface area contributed by atoms with E-state index in [1.165, 1.54) is 6.07 Å². The van der Waals surface area contributed by atoms with E-state index in [-0.39, 0.29) is 5.82 Å². The van der Waals surface area contributed by atoms with Gasteiger partial charge in [-0.1, -0.05) is 12.1 Å². The Labute approximate surface area is 76.2 Å². The van der Waals surface area contributed by atoms with Gasteiger partial charge in [0, 0.05) is 0 Å². The van der Waals surface area contributed by atoms with E-state index in [2.05, 4.69) is 0 Å². The largest absolute Gasteiger partial charge is 0.391 e. The lowest BCUT2D eigenvalue weighted by Gasteiger charge is -2.27. The average Bonchev–Trinajstić information content (AvgIpc) is 2.12. The Balaban J connectivity index is 2.49. The molecule has 0 spiro atoms. The van der Waals surface area contributed by atoms with Gasteiger partial charge in [0.2, 0.25) is 0 Å². The Morgan fingerprint density at radius 2 is 2.23 bits per heavy atom. The summed E-state index contributed by atoms with van der Waals surface area (Å²) in [6, 6.07) is 4.42. The quantitative estimate of drug-likeness (QED) is 0.630. The Hall–Kier alpha value is -0.930. The molecular formula is C10H12FNO. The fraction of sp³-hybridized carbons (Fsp3) is 0.400. The SMILES string of the molecule is N[C@H]1c2cccc(F)c2CC[C@H]1O. The van der Waals surface area contributed by atoms with Crippen LogP contribution in [-0.4, -0.2) is 11.2 Å². The second-order valence-corrected chi connectivity index (χ2v) is 3.44. The number of nitrogens with two attached hydrogens (primary N) is 1. The van der Waals surface area contributed by atoms with E-state index in [0.717, 1.165) is 5.56 Å². The molecule has 1 aromatic carbocycles. The van der Waals surface area contributed by atoms with Crippen molar-refractivity contribution in [2.45, 2.75) is 25.0 Å². The van der Waals surface area contributed by atoms with E-state index >= 15 is 0 Å². The van der Waals surface area contributed by atoms with Gasteiger partial charge in [0.05, 0.1) is 12.1 Å². The van der Waals surface area contributed by atoms with Crippen LogP contribution in [0, 0.1) is 5.82 Å². The molecule has 2 atom stereocenters. The fourth-order valence-corrected chi connectivity index (χ4v) is 1.83. The van der Waals surface area contributed by atoms with Gasteiger partial charge in [0.15, 0.2) is 0 Å². The second-order valence-electron chi connectivity index (χ2n) is 3.44. The number of benzene rings is 1. The Morgan fingerprint density at radius 1 is 1.46 bits per heavy atom. The molecule has 13 heavy (non-hydrogen) atoms. The maximum absolute atomic E-state index is 13.2. The van der Waals surface area contributed by atoms with Crippen molar-refractivity contribution in [1.29, 1.82) is 0 Å². The molecule has 1 aliphatic rings. The van der Waals surface area contributed by atoms with Crippen LogP contribution < -0.4 is 5.73 Å². The van der Waals surface area contributed by atoms with E-state index in [4.69, 9.17) is 5.73 Å². The van der Waals surface area contributed by atoms with Crippen molar-refractivity contribution in [1.82, 2.24) is 0 Å². The van der Waals surface area contributed by atoms with Crippen LogP contribution in [0.5, 0.6) is 0 Å². The Bertz CT molecular complexity index is 327. The second kappa shape index (κ2) is 3.09. The normalized spacial score (nSPS) is 27.0. The van der Waals surface area contributed by atoms with E-state index < -0.39 is 12.1 Å². The molecular weight excluding hydrogens is 169 g/mol. The number of rotatable bonds is 0. The van der Waals surface area contributed by atoms with Crippen molar-refractivity contribution in [3.05, 3.63) is 35.1 Å². The molecule has 0 heterocycles. The molecule has 0 unspecified atom stereocenters. The number of halogens is 1. The van der Waals surface area contributed by atoms with Gasteiger partial charge in [-0.05, 0) is 30.0 Å². The standard InChI is InChI=1S/C10H12FNO/c11-8-3-1-2-7-6(8)4-5-9(13)10(7)12/h1-3,9-10,13H,4-5,12H2/t9-,10+/m1/s1. The predicted octanol–water partition coefficient (Wildman–Crippen LogP) is 1.13. The summed E-state index contributed by atoms with van der Waals surface area (Å²) in [5.41, 5.74) is 7.16. The molecule has 0 amide bonds. The van der Waals surface area contributed by atoms with Crippen molar-refractivity contribution >= 4 is 0 Å². The number of hydrogen-bond donors (Lipinski definition) is 2. The molecule has 2 nitrogen and oxygen atoms in total. The minimum Gasteiger partial charge on any atom is -0.391 e. The van der Waals surface area contributed by atoms with Crippen LogP contribution in [-0.2, 0) is 6.42 Å². The monoisotopic (exact) mass is 181 g/mol. The molecule has 1 aliphatic carbocycles. The van der Waals surface area contributed by atoms with Crippen molar-refractivity contribution < 1.29 is 9.50 Å². The molecule has 3 N–H and O–H groups in total. The first-order chi connectivity index (χ1) is 6.20. The highest BCUT2D eigenvalue weighted by Crippen LogP contribution is 2.29. The molecule has 0 saturated heterocycles. The third-order valence-corrected chi connectivity index (χ3v) is 2.62. The zero-order valence-corrected chi connectivity index (χ0v) is 7.20. The van der Waals surface area contributed by atoms with Crippen LogP contribution in [0.1, 0.15) is 23.6 Å². The molecule has 0 radical (unpaired) electrons. The summed E-state index contributed by atoms with van der Waals surface area (Å²) in [6.45, 7) is 0. The molecule has 0 fully saturated rings. The number of hydrogen-bond acceptors (Lipinski definition) is 2. The van der Waals surface area contributed by atoms with Gasteiger partial charge in [0.1, 0.15) is 5.82 Å². The fourth-order valence-electron chi connectivity index (χ4n) is 1.83. The molecule has 3 heteroatoms. The predicted molar refractivity (Wildman–Crippen MR) is 47.7 cm³/mol. The van der Waals surface area contributed by atoms with E-state index in [1.807, 2.05) is 0 Å². The molecule has 0 bridgehead atoms. The highest BCUT2D eigenvalue weighted by molar-refractivity contribution is 5.34. The third-order valence-electron chi connectivity index (χ3n) is 2.62. The minimum atomic E-state index is -0.533. The van der Waals surface area contributed by atoms with Gasteiger partial charge in [-0.2, -0.15) is 0 Å². The van der Waals surface area contributed by atoms with Gasteiger partial charge >= 0.3 is 0 Å². The van der Waals surface area contributed by atoms with Crippen LogP contribution in [0.15, 0.2) is 18.2 Å². The maximum atomic E-state index is 13.2. The van der Waals surface area contributed by atoms with Crippen molar-refractivity contribution in [2.24, 2.45) is 5.73 Å². The lowest BCUT2D eigenvalue weighted by molar-refractivity contribution is 0.127. The Morgan fingerprint density at radius 3 is 3.00 bits per heavy atom. The topological polar surface area (TPSA) is 46.2 Å². The summed E-state index contributed by atoms with van der Waals surface area (Å²) in [7, 11) is 0. The van der Waals surface area contributed by atoms with E-state index in [0.29, 0.717) is 18.4 Å². The number of fused-ring (bicyclic) bond motifs is 1. The number of aliphatic hydroxyl groups excluding tert-OH is 1. The molecule has 2 rings (SSSR count). The van der Waals surface area contributed by atoms with Gasteiger partial charge in [-0.25, -0.2) is 4.39 Å². The summed E-state index contributed by atoms with van der Waals surface area (Å²) in [5.74, 6) is -0.208. The molecule has 0 aliphatic heterocycles. The molecule has 1 aromatic rings. The van der Waals surface area contributed by atoms with Gasteiger partial charge in [-0.3, -0.25) is 0 Å². The highest BCUT2D eigenvalue weighted by atomic mass is 19.1. The summed E-state index contributed by atoms with van der Waals surface area (Å²) in [6.07, 6.45) is 0.598. The summed E-state index contributed by atoms with van der Waals surface area (Å²) < 4.78 is 13.2. The smallest absolute Gasteiger partial charge is 0.126 e. The zero-order valence-electron chi connectivity index (χ0n) is 7.20. The lowest BCUT2D eigenvalue weighted by Crippen LogP contribution is -2.31. The van der Waals surface area contributed by atoms with Crippen molar-refractivity contribution in [3.8, 4) is 0 Å². The minimum absolute atomic E-state index is 0.208. The summed E-state index contributed by atoms with van der Waals surface area (Å²) in [5, 5.41) is 9.47. The molecule has 0 aromatic heterocycles. The third kappa shape index (κ3) is 1.34. The van der Waals surface area contributed by atoms with Crippen LogP contribution >= 0.6 is 0 Å². The van der Waals surface area contributed by atoms with Crippen LogP contribution in [0.25, 0.3) is 0 Å². The lowest BCUT2D eigenvalue weighted by atomic mass is 9.86. The summed E-state index contributed by atoms with van der Waals surface area (Å²) in [4.78, 5) is 0. The average molecular weight is 181 g/mol. The zero-order chi connectivity index (χ0) is 9.42. The first kappa shape index (κ1) is 8.66. The Kier molecular flexibility index (Phi) is 2.06. The molecule has 70 valence electrons. The van der Waals surface area contributed by atoms with Gasteiger partial charge in [-0.15, -0.1) is 0 Å². The van der Waals surface area contributed by atoms with Gasteiger partial charge in [0.25, 0.3) is 0 Å². The van der Waals surface area contributed by atoms with Crippen LogP contribution in [0.4, 0.5) is 4.39 Å². The molecule has 0 saturated carbocycles. The van der Waals surface area contributed by atoms with E-state index in [9.17, 15) is 9.50 Å². The first-order valence-electron chi connectivity index (χ1n) is 4.41. The van der Waals surface area contributed by atoms with E-state index in [1.54, 1.807) is 12.1 Å². The first-order valence-corrected chi connectivity index (χ1v) is 4.41. The van der Waals surface area contributed by atoms with Crippen LogP contribution in [0.2, 0.25) is 0 Å². The number of aliphatic hydroxyl groups is 1. The van der Waals surface area contributed by atoms with Crippen LogP contribution in [0.3, 0.4) is 0 Å². The van der Waals surface area contributed by atoms with Crippen molar-refractivity contribution in [3.63, 3.8) is 0 Å². The maximum Gasteiger partial charge on any atom is 0.126 e. The highest BCUT2D eigenvalue weighted by Gasteiger charge is 2.26. The van der Waals surface area contributed by atoms with Gasteiger partial charge < -0.3 is 10.8 Å². The van der Waals surface area contributed by atoms with Crippen molar-refractivity contribution in [2.75, 3.05) is 0 Å². The summed E-state index contributed by atoms with van der Waals surface area (Å²) >= 11 is 0.